The van der Waals surface area contributed by atoms with Crippen LogP contribution in [-0.2, 0) is 22.4 Å². The zero-order chi connectivity index (χ0) is 20.1. The molecule has 0 aliphatic carbocycles. The number of carboxylic acid groups (broad SMARTS) is 1. The molecule has 0 unspecified atom stereocenters. The molecule has 2 aromatic heterocycles. The third-order valence-electron chi connectivity index (χ3n) is 4.42. The molecule has 1 N–H and O–H groups in total. The van der Waals surface area contributed by atoms with Crippen LogP contribution in [0.15, 0.2) is 36.7 Å². The van der Waals surface area contributed by atoms with Crippen molar-refractivity contribution >= 4 is 17.0 Å². The van der Waals surface area contributed by atoms with Crippen molar-refractivity contribution in [2.75, 3.05) is 6.61 Å². The van der Waals surface area contributed by atoms with Crippen molar-refractivity contribution in [3.05, 3.63) is 53.6 Å². The van der Waals surface area contributed by atoms with E-state index in [1.807, 2.05) is 19.9 Å². The third-order valence-corrected chi connectivity index (χ3v) is 4.42. The van der Waals surface area contributed by atoms with Crippen molar-refractivity contribution in [2.24, 2.45) is 0 Å². The summed E-state index contributed by atoms with van der Waals surface area (Å²) in [5, 5.41) is 13.9. The molecule has 3 rings (SSSR count). The van der Waals surface area contributed by atoms with Crippen LogP contribution < -0.4 is 0 Å². The Labute approximate surface area is 163 Å². The summed E-state index contributed by atoms with van der Waals surface area (Å²) in [5.41, 5.74) is 2.80. The van der Waals surface area contributed by atoms with Gasteiger partial charge in [0.1, 0.15) is 5.82 Å². The summed E-state index contributed by atoms with van der Waals surface area (Å²) in [4.78, 5) is 15.1. The summed E-state index contributed by atoms with van der Waals surface area (Å²) in [7, 11) is 0. The lowest BCUT2D eigenvalue weighted by atomic mass is 10.1. The van der Waals surface area contributed by atoms with Crippen LogP contribution in [-0.4, -0.2) is 38.6 Å². The van der Waals surface area contributed by atoms with Crippen LogP contribution in [0.2, 0.25) is 0 Å². The van der Waals surface area contributed by atoms with E-state index in [1.165, 1.54) is 6.07 Å². The number of aliphatic carboxylic acids is 1. The molecule has 0 spiro atoms. The van der Waals surface area contributed by atoms with Crippen molar-refractivity contribution in [1.82, 2.24) is 14.8 Å². The number of rotatable bonds is 9. The molecule has 0 fully saturated rings. The molecule has 3 aromatic rings. The molecule has 0 aliphatic heterocycles. The van der Waals surface area contributed by atoms with Crippen LogP contribution in [0, 0.1) is 5.82 Å². The molecule has 0 saturated heterocycles. The highest BCUT2D eigenvalue weighted by molar-refractivity contribution is 5.76. The fraction of sp³-hybridized carbons (Fsp3) is 0.381. The molecule has 7 heteroatoms. The molecule has 6 nitrogen and oxygen atoms in total. The Morgan fingerprint density at radius 3 is 2.79 bits per heavy atom. The molecule has 0 amide bonds. The lowest BCUT2D eigenvalue weighted by Crippen LogP contribution is -2.06. The molecule has 2 heterocycles. The maximum Gasteiger partial charge on any atom is 0.303 e. The molecule has 0 aliphatic rings. The summed E-state index contributed by atoms with van der Waals surface area (Å²) in [6.45, 7) is 4.64. The number of carbonyl (C=O) groups is 1. The number of carboxylic acids is 1. The average Bonchev–Trinajstić information content (AvgIpc) is 3.05. The van der Waals surface area contributed by atoms with Gasteiger partial charge in [0.25, 0.3) is 0 Å². The van der Waals surface area contributed by atoms with Crippen molar-refractivity contribution in [3.63, 3.8) is 0 Å². The second-order valence-corrected chi connectivity index (χ2v) is 7.01. The predicted molar refractivity (Wildman–Crippen MR) is 104 cm³/mol. The standard InChI is InChI=1S/C21H24FN3O3/c1-14(2)28-9-8-15-10-17-13-24-25(21(17)23-12-15)18-7-6-16(19(22)11-18)4-3-5-20(26)27/h6-7,10-14H,3-5,8-9H2,1-2H3,(H,26,27). The predicted octanol–water partition coefficient (Wildman–Crippen LogP) is 3.93. The van der Waals surface area contributed by atoms with Crippen molar-refractivity contribution in [3.8, 4) is 5.69 Å². The molecule has 0 radical (unpaired) electrons. The first-order chi connectivity index (χ1) is 13.4. The number of aryl methyl sites for hydroxylation is 1. The molecule has 0 saturated carbocycles. The van der Waals surface area contributed by atoms with E-state index in [-0.39, 0.29) is 18.3 Å². The zero-order valence-electron chi connectivity index (χ0n) is 16.1. The van der Waals surface area contributed by atoms with Crippen LogP contribution in [0.25, 0.3) is 16.7 Å². The van der Waals surface area contributed by atoms with E-state index in [2.05, 4.69) is 10.1 Å². The number of ether oxygens (including phenoxy) is 1. The molecular weight excluding hydrogens is 361 g/mol. The number of halogens is 1. The first-order valence-electron chi connectivity index (χ1n) is 9.39. The number of benzene rings is 1. The Morgan fingerprint density at radius 2 is 2.07 bits per heavy atom. The monoisotopic (exact) mass is 385 g/mol. The number of hydrogen-bond acceptors (Lipinski definition) is 4. The van der Waals surface area contributed by atoms with Crippen LogP contribution in [0.4, 0.5) is 4.39 Å². The lowest BCUT2D eigenvalue weighted by molar-refractivity contribution is -0.137. The maximum absolute atomic E-state index is 14.4. The van der Waals surface area contributed by atoms with Crippen molar-refractivity contribution < 1.29 is 19.0 Å². The highest BCUT2D eigenvalue weighted by atomic mass is 19.1. The molecular formula is C21H24FN3O3. The minimum absolute atomic E-state index is 0.0272. The topological polar surface area (TPSA) is 77.2 Å². The van der Waals surface area contributed by atoms with E-state index in [4.69, 9.17) is 9.84 Å². The van der Waals surface area contributed by atoms with E-state index in [9.17, 15) is 9.18 Å². The van der Waals surface area contributed by atoms with E-state index < -0.39 is 5.97 Å². The van der Waals surface area contributed by atoms with Gasteiger partial charge >= 0.3 is 5.97 Å². The highest BCUT2D eigenvalue weighted by Crippen LogP contribution is 2.21. The van der Waals surface area contributed by atoms with Gasteiger partial charge in [-0.3, -0.25) is 4.79 Å². The summed E-state index contributed by atoms with van der Waals surface area (Å²) < 4.78 is 21.6. The molecule has 0 atom stereocenters. The fourth-order valence-corrected chi connectivity index (χ4v) is 3.01. The first kappa shape index (κ1) is 19.9. The Hall–Kier alpha value is -2.80. The van der Waals surface area contributed by atoms with Gasteiger partial charge in [-0.25, -0.2) is 14.1 Å². The first-order valence-corrected chi connectivity index (χ1v) is 9.39. The van der Waals surface area contributed by atoms with Gasteiger partial charge in [0, 0.05) is 18.0 Å². The van der Waals surface area contributed by atoms with Gasteiger partial charge < -0.3 is 9.84 Å². The SMILES string of the molecule is CC(C)OCCc1cnc2c(cnn2-c2ccc(CCCC(=O)O)c(F)c2)c1. The van der Waals surface area contributed by atoms with Crippen LogP contribution in [0.5, 0.6) is 0 Å². The van der Waals surface area contributed by atoms with Crippen LogP contribution in [0.3, 0.4) is 0 Å². The van der Waals surface area contributed by atoms with E-state index in [0.29, 0.717) is 36.3 Å². The van der Waals surface area contributed by atoms with Crippen LogP contribution in [0.1, 0.15) is 37.8 Å². The third kappa shape index (κ3) is 4.92. The highest BCUT2D eigenvalue weighted by Gasteiger charge is 2.11. The summed E-state index contributed by atoms with van der Waals surface area (Å²) in [6.07, 6.45) is 5.29. The van der Waals surface area contributed by atoms with Gasteiger partial charge in [-0.05, 0) is 62.4 Å². The van der Waals surface area contributed by atoms with Gasteiger partial charge in [0.2, 0.25) is 0 Å². The van der Waals surface area contributed by atoms with Crippen molar-refractivity contribution in [2.45, 2.75) is 45.6 Å². The lowest BCUT2D eigenvalue weighted by Gasteiger charge is -2.08. The van der Waals surface area contributed by atoms with Crippen LogP contribution >= 0.6 is 0 Å². The Bertz CT molecular complexity index is 969. The molecule has 0 bridgehead atoms. The second-order valence-electron chi connectivity index (χ2n) is 7.01. The maximum atomic E-state index is 14.4. The molecule has 148 valence electrons. The normalized spacial score (nSPS) is 11.4. The molecule has 1 aromatic carbocycles. The summed E-state index contributed by atoms with van der Waals surface area (Å²) >= 11 is 0. The Morgan fingerprint density at radius 1 is 1.25 bits per heavy atom. The Kier molecular flexibility index (Phi) is 6.36. The Balaban J connectivity index is 1.76. The van der Waals surface area contributed by atoms with Gasteiger partial charge in [0.15, 0.2) is 5.65 Å². The number of aromatic nitrogens is 3. The average molecular weight is 385 g/mol. The largest absolute Gasteiger partial charge is 0.481 e. The van der Waals surface area contributed by atoms with Gasteiger partial charge in [-0.1, -0.05) is 6.07 Å². The van der Waals surface area contributed by atoms with Gasteiger partial charge in [-0.15, -0.1) is 0 Å². The van der Waals surface area contributed by atoms with Crippen molar-refractivity contribution in [1.29, 1.82) is 0 Å². The number of pyridine rings is 1. The van der Waals surface area contributed by atoms with E-state index in [0.717, 1.165) is 17.4 Å². The minimum Gasteiger partial charge on any atom is -0.481 e. The van der Waals surface area contributed by atoms with E-state index in [1.54, 1.807) is 29.2 Å². The molecule has 28 heavy (non-hydrogen) atoms. The second kappa shape index (κ2) is 8.93. The van der Waals surface area contributed by atoms with E-state index >= 15 is 0 Å². The quantitative estimate of drug-likeness (QED) is 0.604. The zero-order valence-corrected chi connectivity index (χ0v) is 16.1. The number of fused-ring (bicyclic) bond motifs is 1. The summed E-state index contributed by atoms with van der Waals surface area (Å²) in [6, 6.07) is 6.89. The number of hydrogen-bond donors (Lipinski definition) is 1. The fourth-order valence-electron chi connectivity index (χ4n) is 3.01. The smallest absolute Gasteiger partial charge is 0.303 e. The minimum atomic E-state index is -0.874. The van der Waals surface area contributed by atoms with Gasteiger partial charge in [-0.2, -0.15) is 5.10 Å². The van der Waals surface area contributed by atoms with Gasteiger partial charge in [0.05, 0.1) is 24.6 Å². The number of nitrogens with zero attached hydrogens (tertiary/aromatic N) is 3. The summed E-state index contributed by atoms with van der Waals surface area (Å²) in [5.74, 6) is -1.24.